The fourth-order valence-corrected chi connectivity index (χ4v) is 4.47. The fraction of sp³-hybridized carbons (Fsp3) is 0.514. The van der Waals surface area contributed by atoms with Gasteiger partial charge in [0, 0.05) is 62.9 Å². The van der Waals surface area contributed by atoms with E-state index in [0.717, 1.165) is 83.0 Å². The molecule has 0 N–H and O–H groups in total. The van der Waals surface area contributed by atoms with Crippen molar-refractivity contribution < 1.29 is 12.8 Å². The van der Waals surface area contributed by atoms with Crippen molar-refractivity contribution in [3.05, 3.63) is 77.6 Å². The number of nitrogens with zero attached hydrogens (tertiary/aromatic N) is 3. The first-order valence-corrected chi connectivity index (χ1v) is 17.9. The van der Waals surface area contributed by atoms with E-state index in [1.165, 1.54) is 0 Å². The third-order valence-corrected chi connectivity index (χ3v) is 6.41. The van der Waals surface area contributed by atoms with Crippen LogP contribution in [-0.4, -0.2) is 63.8 Å². The molecular formula is C37H60FN3O2S. The van der Waals surface area contributed by atoms with Crippen molar-refractivity contribution in [2.45, 2.75) is 93.2 Å². The Kier molecular flexibility index (Phi) is 22.0. The SMILES string of the molecule is C=C/C(=C\N(C)C)c1cccc(-c2nc(C)c(/C(C=NC)=C/C)cc2C)c1.CC.CCCC(F)(CC)CCC.CS(C)(=O)=O. The molecule has 0 radical (unpaired) electrons. The quantitative estimate of drug-likeness (QED) is 0.183. The van der Waals surface area contributed by atoms with Crippen molar-refractivity contribution >= 4 is 27.2 Å². The van der Waals surface area contributed by atoms with E-state index >= 15 is 0 Å². The van der Waals surface area contributed by atoms with E-state index < -0.39 is 15.5 Å². The van der Waals surface area contributed by atoms with Gasteiger partial charge in [-0.05, 0) is 74.4 Å². The molecule has 5 nitrogen and oxygen atoms in total. The number of hydrogen-bond donors (Lipinski definition) is 0. The largest absolute Gasteiger partial charge is 0.383 e. The highest BCUT2D eigenvalue weighted by Gasteiger charge is 2.24. The van der Waals surface area contributed by atoms with Crippen LogP contribution in [0.2, 0.25) is 0 Å². The molecule has 2 aromatic rings. The maximum absolute atomic E-state index is 13.5. The zero-order chi connectivity index (χ0) is 34.5. The van der Waals surface area contributed by atoms with E-state index in [-0.39, 0.29) is 0 Å². The highest BCUT2D eigenvalue weighted by Crippen LogP contribution is 2.29. The zero-order valence-electron chi connectivity index (χ0n) is 29.9. The molecule has 2 rings (SSSR count). The molecule has 0 fully saturated rings. The summed E-state index contributed by atoms with van der Waals surface area (Å²) in [6, 6.07) is 10.7. The number of aromatic nitrogens is 1. The molecule has 1 heterocycles. The number of halogens is 1. The third-order valence-electron chi connectivity index (χ3n) is 6.41. The number of alkyl halides is 1. The molecule has 0 bridgehead atoms. The van der Waals surface area contributed by atoms with Crippen molar-refractivity contribution in [1.29, 1.82) is 0 Å². The van der Waals surface area contributed by atoms with Gasteiger partial charge < -0.3 is 4.90 Å². The predicted molar refractivity (Wildman–Crippen MR) is 195 cm³/mol. The third kappa shape index (κ3) is 17.3. The van der Waals surface area contributed by atoms with Crippen LogP contribution in [0.5, 0.6) is 0 Å². The minimum atomic E-state index is -2.67. The molecule has 0 saturated heterocycles. The second-order valence-corrected chi connectivity index (χ2v) is 13.2. The Morgan fingerprint density at radius 1 is 1.05 bits per heavy atom. The second-order valence-electron chi connectivity index (χ2n) is 10.9. The van der Waals surface area contributed by atoms with Gasteiger partial charge >= 0.3 is 0 Å². The van der Waals surface area contributed by atoms with Crippen LogP contribution in [0.4, 0.5) is 4.39 Å². The van der Waals surface area contributed by atoms with Crippen LogP contribution in [0.25, 0.3) is 22.4 Å². The molecule has 1 aromatic heterocycles. The Bertz CT molecular complexity index is 1310. The van der Waals surface area contributed by atoms with E-state index in [1.54, 1.807) is 7.05 Å². The van der Waals surface area contributed by atoms with Gasteiger partial charge in [0.15, 0.2) is 0 Å². The number of hydrogen-bond acceptors (Lipinski definition) is 5. The monoisotopic (exact) mass is 629 g/mol. The maximum Gasteiger partial charge on any atom is 0.144 e. The van der Waals surface area contributed by atoms with Gasteiger partial charge in [0.2, 0.25) is 0 Å². The van der Waals surface area contributed by atoms with Crippen molar-refractivity contribution in [2.24, 2.45) is 4.99 Å². The number of allylic oxidation sites excluding steroid dienone is 4. The highest BCUT2D eigenvalue weighted by molar-refractivity contribution is 7.89. The van der Waals surface area contributed by atoms with Crippen LogP contribution in [-0.2, 0) is 9.84 Å². The number of aryl methyl sites for hydroxylation is 2. The van der Waals surface area contributed by atoms with E-state index in [1.807, 2.05) is 72.8 Å². The van der Waals surface area contributed by atoms with Gasteiger partial charge in [0.05, 0.1) is 5.69 Å². The molecule has 248 valence electrons. The Hall–Kier alpha value is -3.06. The van der Waals surface area contributed by atoms with Gasteiger partial charge in [-0.15, -0.1) is 0 Å². The first kappa shape index (κ1) is 43.1. The number of benzene rings is 1. The fourth-order valence-electron chi connectivity index (χ4n) is 4.47. The molecule has 0 aliphatic carbocycles. The van der Waals surface area contributed by atoms with Crippen LogP contribution < -0.4 is 0 Å². The van der Waals surface area contributed by atoms with Gasteiger partial charge in [0.1, 0.15) is 15.5 Å². The summed E-state index contributed by atoms with van der Waals surface area (Å²) in [6.07, 6.45) is 14.3. The molecule has 0 aliphatic heterocycles. The number of rotatable bonds is 11. The number of pyridine rings is 1. The standard InChI is InChI=1S/C24H29N3.C9H19F.C2H6O2S.C2H6/c1-8-19(15-25-5)23-13-17(3)24(26-18(23)4)22-12-10-11-21(14-22)20(9-2)16-27(6)7;1-4-7-9(10,6-3)8-5-2;1-5(2,3)4;1-2/h8-16H,2H2,1,3-7H3;4-8H2,1-3H3;1-2H3;1-2H3/b19-8+,20-16+,25-15?;;;. The van der Waals surface area contributed by atoms with Crippen molar-refractivity contribution in [3.8, 4) is 11.3 Å². The summed E-state index contributed by atoms with van der Waals surface area (Å²) in [5.41, 5.74) is 7.84. The maximum atomic E-state index is 13.5. The first-order valence-electron chi connectivity index (χ1n) is 15.6. The average molecular weight is 630 g/mol. The number of aliphatic imine (C=N–C) groups is 1. The van der Waals surface area contributed by atoms with E-state index in [0.29, 0.717) is 6.42 Å². The lowest BCUT2D eigenvalue weighted by Crippen LogP contribution is -2.20. The van der Waals surface area contributed by atoms with E-state index in [2.05, 4.69) is 68.0 Å². The molecule has 0 atom stereocenters. The Morgan fingerprint density at radius 2 is 1.59 bits per heavy atom. The van der Waals surface area contributed by atoms with Gasteiger partial charge in [-0.25, -0.2) is 12.8 Å². The lowest BCUT2D eigenvalue weighted by atomic mass is 9.92. The van der Waals surface area contributed by atoms with Crippen molar-refractivity contribution in [2.75, 3.05) is 33.7 Å². The molecule has 0 aliphatic rings. The van der Waals surface area contributed by atoms with Crippen molar-refractivity contribution in [1.82, 2.24) is 9.88 Å². The molecule has 7 heteroatoms. The van der Waals surface area contributed by atoms with Crippen LogP contribution in [0.1, 0.15) is 96.0 Å². The first-order chi connectivity index (χ1) is 20.6. The summed E-state index contributed by atoms with van der Waals surface area (Å²) in [7, 11) is 3.15. The lowest BCUT2D eigenvalue weighted by molar-refractivity contribution is 0.129. The molecule has 0 spiro atoms. The summed E-state index contributed by atoms with van der Waals surface area (Å²) in [5, 5.41) is 0. The molecule has 0 amide bonds. The smallest absolute Gasteiger partial charge is 0.144 e. The normalized spacial score (nSPS) is 11.9. The highest BCUT2D eigenvalue weighted by atomic mass is 32.2. The summed E-state index contributed by atoms with van der Waals surface area (Å²) in [4.78, 5) is 11.1. The summed E-state index contributed by atoms with van der Waals surface area (Å²) in [6.45, 7) is 20.2. The molecule has 0 saturated carbocycles. The van der Waals surface area contributed by atoms with E-state index in [9.17, 15) is 12.8 Å². The minimum absolute atomic E-state index is 0.675. The minimum Gasteiger partial charge on any atom is -0.383 e. The van der Waals surface area contributed by atoms with Crippen LogP contribution in [0.15, 0.2) is 60.3 Å². The number of sulfone groups is 1. The van der Waals surface area contributed by atoms with Crippen LogP contribution in [0.3, 0.4) is 0 Å². The second kappa shape index (κ2) is 22.4. The lowest BCUT2D eigenvalue weighted by Gasteiger charge is -2.22. The van der Waals surface area contributed by atoms with Crippen LogP contribution in [0, 0.1) is 13.8 Å². The Labute approximate surface area is 270 Å². The summed E-state index contributed by atoms with van der Waals surface area (Å²) < 4.78 is 32.8. The van der Waals surface area contributed by atoms with Gasteiger partial charge in [-0.2, -0.15) is 0 Å². The van der Waals surface area contributed by atoms with Gasteiger partial charge in [-0.3, -0.25) is 9.98 Å². The topological polar surface area (TPSA) is 62.6 Å². The molecule has 44 heavy (non-hydrogen) atoms. The van der Waals surface area contributed by atoms with Crippen LogP contribution >= 0.6 is 0 Å². The molecular weight excluding hydrogens is 569 g/mol. The van der Waals surface area contributed by atoms with Gasteiger partial charge in [-0.1, -0.05) is 84.4 Å². The predicted octanol–water partition coefficient (Wildman–Crippen LogP) is 9.95. The molecule has 0 unspecified atom stereocenters. The zero-order valence-corrected chi connectivity index (χ0v) is 30.7. The summed E-state index contributed by atoms with van der Waals surface area (Å²) in [5.74, 6) is 0. The summed E-state index contributed by atoms with van der Waals surface area (Å²) >= 11 is 0. The molecule has 1 aromatic carbocycles. The van der Waals surface area contributed by atoms with E-state index in [4.69, 9.17) is 4.98 Å². The van der Waals surface area contributed by atoms with Crippen molar-refractivity contribution in [3.63, 3.8) is 0 Å². The van der Waals surface area contributed by atoms with Gasteiger partial charge in [0.25, 0.3) is 0 Å². The Balaban J connectivity index is 0. The average Bonchev–Trinajstić information content (AvgIpc) is 2.96. The Morgan fingerprint density at radius 3 is 2.00 bits per heavy atom.